The first-order valence-electron chi connectivity index (χ1n) is 8.37. The van der Waals surface area contributed by atoms with Crippen LogP contribution in [0.4, 0.5) is 0 Å². The van der Waals surface area contributed by atoms with Crippen molar-refractivity contribution in [1.29, 1.82) is 0 Å². The van der Waals surface area contributed by atoms with E-state index in [1.54, 1.807) is 42.9 Å². The molecule has 0 atom stereocenters. The lowest BCUT2D eigenvalue weighted by Gasteiger charge is -2.07. The van der Waals surface area contributed by atoms with Gasteiger partial charge in [-0.25, -0.2) is 0 Å². The van der Waals surface area contributed by atoms with Gasteiger partial charge in [0.2, 0.25) is 0 Å². The molecule has 132 valence electrons. The maximum Gasteiger partial charge on any atom is 0.287 e. The lowest BCUT2D eigenvalue weighted by Crippen LogP contribution is -2.24. The highest BCUT2D eigenvalue weighted by Crippen LogP contribution is 2.16. The molecule has 4 rings (SSSR count). The molecule has 0 saturated heterocycles. The normalized spacial score (nSPS) is 10.7. The SMILES string of the molecule is O=C(NCc1ccnc(-c2cccnc2)c1)c1cc(=O)c2ccccc2o1. The molecule has 0 aliphatic heterocycles. The molecule has 1 aromatic carbocycles. The summed E-state index contributed by atoms with van der Waals surface area (Å²) in [4.78, 5) is 32.9. The second-order valence-corrected chi connectivity index (χ2v) is 5.94. The number of fused-ring (bicyclic) bond motifs is 1. The monoisotopic (exact) mass is 357 g/mol. The Labute approximate surface area is 154 Å². The smallest absolute Gasteiger partial charge is 0.287 e. The maximum absolute atomic E-state index is 12.4. The van der Waals surface area contributed by atoms with Gasteiger partial charge < -0.3 is 9.73 Å². The molecule has 0 aliphatic rings. The van der Waals surface area contributed by atoms with Crippen LogP contribution >= 0.6 is 0 Å². The Kier molecular flexibility index (Phi) is 4.45. The highest BCUT2D eigenvalue weighted by Gasteiger charge is 2.12. The number of nitrogens with one attached hydrogen (secondary N) is 1. The van der Waals surface area contributed by atoms with Crippen LogP contribution in [0, 0.1) is 0 Å². The third-order valence-electron chi connectivity index (χ3n) is 4.09. The zero-order valence-corrected chi connectivity index (χ0v) is 14.3. The molecule has 3 heterocycles. The summed E-state index contributed by atoms with van der Waals surface area (Å²) >= 11 is 0. The fraction of sp³-hybridized carbons (Fsp3) is 0.0476. The van der Waals surface area contributed by atoms with E-state index in [1.165, 1.54) is 6.07 Å². The van der Waals surface area contributed by atoms with Gasteiger partial charge in [0.15, 0.2) is 11.2 Å². The molecule has 1 amide bonds. The van der Waals surface area contributed by atoms with Gasteiger partial charge in [0.1, 0.15) is 5.58 Å². The minimum atomic E-state index is -0.447. The predicted octanol–water partition coefficient (Wildman–Crippen LogP) is 3.18. The summed E-state index contributed by atoms with van der Waals surface area (Å²) in [5, 5.41) is 3.22. The lowest BCUT2D eigenvalue weighted by molar-refractivity contribution is 0.0923. The highest BCUT2D eigenvalue weighted by molar-refractivity contribution is 5.93. The van der Waals surface area contributed by atoms with Crippen molar-refractivity contribution in [2.75, 3.05) is 0 Å². The highest BCUT2D eigenvalue weighted by atomic mass is 16.3. The van der Waals surface area contributed by atoms with Gasteiger partial charge in [-0.05, 0) is 42.0 Å². The Bertz CT molecular complexity index is 1170. The average molecular weight is 357 g/mol. The molecule has 0 bridgehead atoms. The van der Waals surface area contributed by atoms with E-state index in [4.69, 9.17) is 4.42 Å². The summed E-state index contributed by atoms with van der Waals surface area (Å²) in [6, 6.07) is 15.5. The number of benzene rings is 1. The summed E-state index contributed by atoms with van der Waals surface area (Å²) in [6.07, 6.45) is 5.11. The predicted molar refractivity (Wildman–Crippen MR) is 101 cm³/mol. The number of aromatic nitrogens is 2. The minimum absolute atomic E-state index is 0.0137. The molecule has 0 aliphatic carbocycles. The van der Waals surface area contributed by atoms with E-state index in [-0.39, 0.29) is 17.7 Å². The Morgan fingerprint density at radius 1 is 1.04 bits per heavy atom. The van der Waals surface area contributed by atoms with Gasteiger partial charge in [0, 0.05) is 36.8 Å². The van der Waals surface area contributed by atoms with Crippen molar-refractivity contribution in [3.8, 4) is 11.3 Å². The number of hydrogen-bond acceptors (Lipinski definition) is 5. The zero-order valence-electron chi connectivity index (χ0n) is 14.3. The van der Waals surface area contributed by atoms with Gasteiger partial charge in [-0.1, -0.05) is 12.1 Å². The Morgan fingerprint density at radius 3 is 2.78 bits per heavy atom. The Hall–Kier alpha value is -3.80. The first-order chi connectivity index (χ1) is 13.2. The molecular formula is C21H15N3O3. The van der Waals surface area contributed by atoms with E-state index in [0.29, 0.717) is 11.0 Å². The molecule has 0 saturated carbocycles. The molecule has 1 N–H and O–H groups in total. The van der Waals surface area contributed by atoms with Gasteiger partial charge >= 0.3 is 0 Å². The fourth-order valence-electron chi connectivity index (χ4n) is 2.74. The van der Waals surface area contributed by atoms with Gasteiger partial charge in [-0.3, -0.25) is 19.6 Å². The number of rotatable bonds is 4. The van der Waals surface area contributed by atoms with Crippen LogP contribution in [0.5, 0.6) is 0 Å². The van der Waals surface area contributed by atoms with Crippen LogP contribution in [0.15, 0.2) is 82.4 Å². The first-order valence-corrected chi connectivity index (χ1v) is 8.37. The third kappa shape index (κ3) is 3.59. The van der Waals surface area contributed by atoms with Crippen molar-refractivity contribution in [2.45, 2.75) is 6.54 Å². The van der Waals surface area contributed by atoms with Gasteiger partial charge in [-0.2, -0.15) is 0 Å². The topological polar surface area (TPSA) is 85.1 Å². The van der Waals surface area contributed by atoms with Crippen LogP contribution < -0.4 is 10.7 Å². The molecule has 6 heteroatoms. The number of pyridine rings is 2. The second kappa shape index (κ2) is 7.21. The van der Waals surface area contributed by atoms with Gasteiger partial charge in [-0.15, -0.1) is 0 Å². The van der Waals surface area contributed by atoms with Crippen molar-refractivity contribution >= 4 is 16.9 Å². The minimum Gasteiger partial charge on any atom is -0.451 e. The standard InChI is InChI=1S/C21H15N3O3/c25-18-11-20(27-19-6-2-1-5-16(18)19)21(26)24-12-14-7-9-23-17(10-14)15-4-3-8-22-13-15/h1-11,13H,12H2,(H,24,26). The number of carbonyl (C=O) groups excluding carboxylic acids is 1. The molecule has 0 fully saturated rings. The van der Waals surface area contributed by atoms with E-state index in [0.717, 1.165) is 16.8 Å². The quantitative estimate of drug-likeness (QED) is 0.606. The molecule has 0 radical (unpaired) electrons. The van der Waals surface area contributed by atoms with Crippen molar-refractivity contribution in [3.63, 3.8) is 0 Å². The van der Waals surface area contributed by atoms with Crippen molar-refractivity contribution < 1.29 is 9.21 Å². The summed E-state index contributed by atoms with van der Waals surface area (Å²) < 4.78 is 5.55. The largest absolute Gasteiger partial charge is 0.451 e. The number of nitrogens with zero attached hydrogens (tertiary/aromatic N) is 2. The Morgan fingerprint density at radius 2 is 1.93 bits per heavy atom. The van der Waals surface area contributed by atoms with E-state index in [1.807, 2.05) is 24.3 Å². The van der Waals surface area contributed by atoms with Crippen LogP contribution in [-0.4, -0.2) is 15.9 Å². The molecule has 0 spiro atoms. The van der Waals surface area contributed by atoms with Crippen LogP contribution in [-0.2, 0) is 6.54 Å². The molecule has 3 aromatic heterocycles. The van der Waals surface area contributed by atoms with E-state index < -0.39 is 5.91 Å². The van der Waals surface area contributed by atoms with Gasteiger partial charge in [0.25, 0.3) is 5.91 Å². The third-order valence-corrected chi connectivity index (χ3v) is 4.09. The molecular weight excluding hydrogens is 342 g/mol. The summed E-state index contributed by atoms with van der Waals surface area (Å²) in [7, 11) is 0. The second-order valence-electron chi connectivity index (χ2n) is 5.94. The average Bonchev–Trinajstić information content (AvgIpc) is 2.73. The van der Waals surface area contributed by atoms with Gasteiger partial charge in [0.05, 0.1) is 11.1 Å². The zero-order chi connectivity index (χ0) is 18.6. The van der Waals surface area contributed by atoms with Crippen molar-refractivity contribution in [1.82, 2.24) is 15.3 Å². The molecule has 27 heavy (non-hydrogen) atoms. The van der Waals surface area contributed by atoms with Crippen molar-refractivity contribution in [2.24, 2.45) is 0 Å². The maximum atomic E-state index is 12.4. The Balaban J connectivity index is 1.52. The summed E-state index contributed by atoms with van der Waals surface area (Å²) in [5.41, 5.74) is 2.68. The van der Waals surface area contributed by atoms with Crippen LogP contribution in [0.1, 0.15) is 16.1 Å². The number of para-hydroxylation sites is 1. The first kappa shape index (κ1) is 16.7. The number of amides is 1. The van der Waals surface area contributed by atoms with E-state index in [2.05, 4.69) is 15.3 Å². The van der Waals surface area contributed by atoms with Crippen molar-refractivity contribution in [3.05, 3.63) is 94.7 Å². The molecule has 4 aromatic rings. The number of hydrogen-bond donors (Lipinski definition) is 1. The summed E-state index contributed by atoms with van der Waals surface area (Å²) in [5.74, 6) is -0.460. The van der Waals surface area contributed by atoms with E-state index >= 15 is 0 Å². The number of carbonyl (C=O) groups is 1. The van der Waals surface area contributed by atoms with Crippen LogP contribution in [0.3, 0.4) is 0 Å². The van der Waals surface area contributed by atoms with Crippen LogP contribution in [0.25, 0.3) is 22.2 Å². The summed E-state index contributed by atoms with van der Waals surface area (Å²) in [6.45, 7) is 0.283. The lowest BCUT2D eigenvalue weighted by atomic mass is 10.1. The van der Waals surface area contributed by atoms with Crippen LogP contribution in [0.2, 0.25) is 0 Å². The van der Waals surface area contributed by atoms with E-state index in [9.17, 15) is 9.59 Å². The molecule has 0 unspecified atom stereocenters. The fourth-order valence-corrected chi connectivity index (χ4v) is 2.74. The molecule has 6 nitrogen and oxygen atoms in total.